The number of aliphatic hydroxyl groups excluding tert-OH is 1. The molecule has 6 heteroatoms. The minimum Gasteiger partial charge on any atom is -0.389 e. The summed E-state index contributed by atoms with van der Waals surface area (Å²) >= 11 is 3.41. The summed E-state index contributed by atoms with van der Waals surface area (Å²) in [5, 5.41) is 9.86. The number of carbonyl (C=O) groups excluding carboxylic acids is 1. The van der Waals surface area contributed by atoms with Crippen molar-refractivity contribution in [2.75, 3.05) is 24.7 Å². The van der Waals surface area contributed by atoms with Crippen LogP contribution in [0.3, 0.4) is 0 Å². The van der Waals surface area contributed by atoms with E-state index in [4.69, 9.17) is 10.5 Å². The number of amides is 1. The summed E-state index contributed by atoms with van der Waals surface area (Å²) in [5.41, 5.74) is 7.01. The molecule has 1 aromatic rings. The van der Waals surface area contributed by atoms with Crippen molar-refractivity contribution in [2.45, 2.75) is 19.1 Å². The van der Waals surface area contributed by atoms with Crippen LogP contribution < -0.4 is 10.6 Å². The molecule has 0 saturated carbocycles. The number of rotatable bonds is 3. The number of anilines is 1. The van der Waals surface area contributed by atoms with Crippen molar-refractivity contribution in [3.63, 3.8) is 0 Å². The molecule has 2 atom stereocenters. The lowest BCUT2D eigenvalue weighted by Gasteiger charge is -2.37. The molecule has 3 N–H and O–H groups in total. The molecule has 1 amide bonds. The van der Waals surface area contributed by atoms with E-state index >= 15 is 0 Å². The molecule has 2 unspecified atom stereocenters. The number of nitrogens with two attached hydrogens (primary N) is 1. The predicted molar refractivity (Wildman–Crippen MR) is 75.9 cm³/mol. The summed E-state index contributed by atoms with van der Waals surface area (Å²) < 4.78 is 6.20. The number of primary amides is 1. The van der Waals surface area contributed by atoms with E-state index in [0.29, 0.717) is 13.2 Å². The highest BCUT2D eigenvalue weighted by Crippen LogP contribution is 2.31. The van der Waals surface area contributed by atoms with Gasteiger partial charge in [-0.1, -0.05) is 22.0 Å². The van der Waals surface area contributed by atoms with Crippen molar-refractivity contribution < 1.29 is 14.6 Å². The molecular formula is C13H17BrN2O3. The number of morpholine rings is 1. The number of hydrogen-bond donors (Lipinski definition) is 2. The summed E-state index contributed by atoms with van der Waals surface area (Å²) in [4.78, 5) is 13.4. The zero-order valence-corrected chi connectivity index (χ0v) is 12.3. The lowest BCUT2D eigenvalue weighted by atomic mass is 10.0. The van der Waals surface area contributed by atoms with Gasteiger partial charge in [0.25, 0.3) is 0 Å². The van der Waals surface area contributed by atoms with Gasteiger partial charge in [-0.2, -0.15) is 0 Å². The van der Waals surface area contributed by atoms with Gasteiger partial charge in [0.2, 0.25) is 5.91 Å². The predicted octanol–water partition coefficient (Wildman–Crippen LogP) is 1.19. The van der Waals surface area contributed by atoms with E-state index in [-0.39, 0.29) is 6.61 Å². The molecule has 1 saturated heterocycles. The van der Waals surface area contributed by atoms with Crippen LogP contribution in [0.4, 0.5) is 5.69 Å². The molecule has 19 heavy (non-hydrogen) atoms. The van der Waals surface area contributed by atoms with Crippen LogP contribution in [-0.4, -0.2) is 36.8 Å². The van der Waals surface area contributed by atoms with Crippen molar-refractivity contribution in [3.05, 3.63) is 28.2 Å². The molecule has 104 valence electrons. The summed E-state index contributed by atoms with van der Waals surface area (Å²) in [6.45, 7) is 3.09. The highest BCUT2D eigenvalue weighted by Gasteiger charge is 2.29. The lowest BCUT2D eigenvalue weighted by Crippen LogP contribution is -2.53. The first-order valence-electron chi connectivity index (χ1n) is 6.12. The molecule has 1 aliphatic heterocycles. The third kappa shape index (κ3) is 3.08. The normalized spacial score (nSPS) is 21.2. The molecule has 1 aromatic carbocycles. The van der Waals surface area contributed by atoms with Crippen LogP contribution in [0.2, 0.25) is 0 Å². The Labute approximate surface area is 120 Å². The zero-order valence-electron chi connectivity index (χ0n) is 10.7. The Morgan fingerprint density at radius 2 is 2.37 bits per heavy atom. The Kier molecular flexibility index (Phi) is 4.44. The number of carbonyl (C=O) groups is 1. The second-order valence-electron chi connectivity index (χ2n) is 4.57. The third-order valence-electron chi connectivity index (χ3n) is 3.21. The summed E-state index contributed by atoms with van der Waals surface area (Å²) in [6.07, 6.45) is -0.612. The van der Waals surface area contributed by atoms with Gasteiger partial charge in [-0.25, -0.2) is 0 Å². The number of nitrogens with zero attached hydrogens (tertiary/aromatic N) is 1. The Morgan fingerprint density at radius 3 is 3.00 bits per heavy atom. The van der Waals surface area contributed by atoms with Crippen molar-refractivity contribution in [3.8, 4) is 0 Å². The molecule has 0 radical (unpaired) electrons. The topological polar surface area (TPSA) is 75.8 Å². The molecule has 0 spiro atoms. The van der Waals surface area contributed by atoms with E-state index in [1.807, 2.05) is 23.1 Å². The monoisotopic (exact) mass is 328 g/mol. The summed E-state index contributed by atoms with van der Waals surface area (Å²) in [5.74, 6) is -0.420. The highest BCUT2D eigenvalue weighted by molar-refractivity contribution is 9.10. The van der Waals surface area contributed by atoms with Crippen molar-refractivity contribution >= 4 is 27.5 Å². The molecular weight excluding hydrogens is 312 g/mol. The van der Waals surface area contributed by atoms with E-state index in [2.05, 4.69) is 15.9 Å². The first-order valence-corrected chi connectivity index (χ1v) is 6.91. The Balaban J connectivity index is 2.43. The number of ether oxygens (including phenoxy) is 1. The first-order chi connectivity index (χ1) is 9.00. The smallest absolute Gasteiger partial charge is 0.242 e. The van der Waals surface area contributed by atoms with Gasteiger partial charge < -0.3 is 20.5 Å². The van der Waals surface area contributed by atoms with Gasteiger partial charge in [0.05, 0.1) is 19.3 Å². The minimum atomic E-state index is -0.612. The van der Waals surface area contributed by atoms with Gasteiger partial charge in [0, 0.05) is 22.3 Å². The van der Waals surface area contributed by atoms with E-state index in [9.17, 15) is 9.90 Å². The lowest BCUT2D eigenvalue weighted by molar-refractivity contribution is -0.121. The molecule has 1 aliphatic rings. The van der Waals surface area contributed by atoms with E-state index < -0.39 is 18.1 Å². The number of benzene rings is 1. The van der Waals surface area contributed by atoms with Gasteiger partial charge in [-0.05, 0) is 19.1 Å². The van der Waals surface area contributed by atoms with Gasteiger partial charge >= 0.3 is 0 Å². The molecule has 2 rings (SSSR count). The van der Waals surface area contributed by atoms with Gasteiger partial charge in [-0.15, -0.1) is 0 Å². The Hall–Kier alpha value is -1.11. The van der Waals surface area contributed by atoms with Gasteiger partial charge in [-0.3, -0.25) is 4.79 Å². The second-order valence-corrected chi connectivity index (χ2v) is 5.48. The molecule has 0 aliphatic carbocycles. The van der Waals surface area contributed by atoms with Crippen LogP contribution in [0.5, 0.6) is 0 Å². The summed E-state index contributed by atoms with van der Waals surface area (Å²) in [7, 11) is 0. The van der Waals surface area contributed by atoms with Crippen LogP contribution in [-0.2, 0) is 9.53 Å². The van der Waals surface area contributed by atoms with Gasteiger partial charge in [0.15, 0.2) is 0 Å². The highest BCUT2D eigenvalue weighted by atomic mass is 79.9. The summed E-state index contributed by atoms with van der Waals surface area (Å²) in [6, 6.07) is 5.10. The first kappa shape index (κ1) is 14.3. The number of hydrogen-bond acceptors (Lipinski definition) is 4. The Bertz CT molecular complexity index is 479. The molecule has 5 nitrogen and oxygen atoms in total. The fraction of sp³-hybridized carbons (Fsp3) is 0.462. The molecule has 0 bridgehead atoms. The van der Waals surface area contributed by atoms with Crippen LogP contribution in [0.25, 0.3) is 0 Å². The van der Waals surface area contributed by atoms with Crippen LogP contribution >= 0.6 is 15.9 Å². The van der Waals surface area contributed by atoms with Gasteiger partial charge in [0.1, 0.15) is 6.04 Å². The maximum absolute atomic E-state index is 11.5. The number of halogens is 1. The second kappa shape index (κ2) is 5.90. The van der Waals surface area contributed by atoms with Crippen molar-refractivity contribution in [1.82, 2.24) is 0 Å². The SMILES string of the molecule is CC(O)c1ccc(Br)cc1N1CCOCC1C(N)=O. The largest absolute Gasteiger partial charge is 0.389 e. The molecule has 1 fully saturated rings. The van der Waals surface area contributed by atoms with E-state index in [1.165, 1.54) is 0 Å². The minimum absolute atomic E-state index is 0.279. The zero-order chi connectivity index (χ0) is 14.0. The maximum atomic E-state index is 11.5. The Morgan fingerprint density at radius 1 is 1.63 bits per heavy atom. The quantitative estimate of drug-likeness (QED) is 0.874. The van der Waals surface area contributed by atoms with Crippen molar-refractivity contribution in [1.29, 1.82) is 0 Å². The molecule has 1 heterocycles. The van der Waals surface area contributed by atoms with Crippen LogP contribution in [0.1, 0.15) is 18.6 Å². The maximum Gasteiger partial charge on any atom is 0.242 e. The van der Waals surface area contributed by atoms with Crippen molar-refractivity contribution in [2.24, 2.45) is 5.73 Å². The fourth-order valence-electron chi connectivity index (χ4n) is 2.25. The average Bonchev–Trinajstić information content (AvgIpc) is 2.38. The third-order valence-corrected chi connectivity index (χ3v) is 3.70. The van der Waals surface area contributed by atoms with Crippen LogP contribution in [0, 0.1) is 0 Å². The fourth-order valence-corrected chi connectivity index (χ4v) is 2.60. The van der Waals surface area contributed by atoms with E-state index in [1.54, 1.807) is 6.92 Å². The standard InChI is InChI=1S/C13H17BrN2O3/c1-8(17)10-3-2-9(14)6-11(10)16-4-5-19-7-12(16)13(15)18/h2-3,6,8,12,17H,4-5,7H2,1H3,(H2,15,18). The number of aliphatic hydroxyl groups is 1. The average molecular weight is 329 g/mol. The molecule has 0 aromatic heterocycles. The van der Waals surface area contributed by atoms with Crippen LogP contribution in [0.15, 0.2) is 22.7 Å². The van der Waals surface area contributed by atoms with E-state index in [0.717, 1.165) is 15.7 Å².